The number of carbonyl (C=O) groups is 1. The summed E-state index contributed by atoms with van der Waals surface area (Å²) in [5.74, 6) is 1.29. The highest BCUT2D eigenvalue weighted by molar-refractivity contribution is 7.42. The van der Waals surface area contributed by atoms with Gasteiger partial charge < -0.3 is 46.5 Å². The predicted molar refractivity (Wildman–Crippen MR) is 204 cm³/mol. The molecule has 2 fully saturated rings. The number of aromatic nitrogens is 5. The van der Waals surface area contributed by atoms with Crippen LogP contribution in [0.1, 0.15) is 82.7 Å². The van der Waals surface area contributed by atoms with E-state index < -0.39 is 8.53 Å². The molecule has 1 saturated heterocycles. The Morgan fingerprint density at radius 2 is 1.71 bits per heavy atom. The summed E-state index contributed by atoms with van der Waals surface area (Å²) in [7, 11) is -2.54. The molecule has 0 unspecified atom stereocenters. The lowest BCUT2D eigenvalue weighted by Gasteiger charge is -2.32. The lowest BCUT2D eigenvalue weighted by atomic mass is 9.95. The van der Waals surface area contributed by atoms with Crippen LogP contribution in [0.5, 0.6) is 0 Å². The average molecular weight is 743 g/mol. The van der Waals surface area contributed by atoms with Gasteiger partial charge in [-0.1, -0.05) is 36.6 Å². The number of amides is 1. The minimum Gasteiger partial charge on any atom is -0.367 e. The van der Waals surface area contributed by atoms with E-state index in [4.69, 9.17) is 19.8 Å². The molecule has 1 saturated carbocycles. The zero-order valence-corrected chi connectivity index (χ0v) is 31.3. The van der Waals surface area contributed by atoms with Gasteiger partial charge >= 0.3 is 0 Å². The summed E-state index contributed by atoms with van der Waals surface area (Å²) in [5.41, 5.74) is 1.73. The molecule has 8 N–H and O–H groups in total. The molecule has 0 bridgehead atoms. The number of hydrogen-bond acceptors (Lipinski definition) is 14. The van der Waals surface area contributed by atoms with Crippen molar-refractivity contribution in [3.05, 3.63) is 36.2 Å². The zero-order chi connectivity index (χ0) is 36.4. The average Bonchev–Trinajstić information content (AvgIpc) is 3.62. The molecule has 0 atom stereocenters. The first kappa shape index (κ1) is 40.1. The Hall–Kier alpha value is -3.08. The van der Waals surface area contributed by atoms with Crippen LogP contribution in [-0.4, -0.2) is 120 Å². The zero-order valence-electron chi connectivity index (χ0n) is 30.4. The predicted octanol–water partition coefficient (Wildman–Crippen LogP) is 3.19. The normalized spacial score (nSPS) is 16.2. The Bertz CT molecular complexity index is 1470. The molecule has 3 heterocycles. The molecule has 2 aliphatic rings. The van der Waals surface area contributed by atoms with Gasteiger partial charge in [-0.15, -0.1) is 9.93 Å². The van der Waals surface area contributed by atoms with E-state index in [1.807, 2.05) is 29.1 Å². The SMILES string of the molecule is O=C(CCCCN1CCC(Nc2nc(NCc3cn(CCCNCCCNC4CCCCC4)nn3)nc3ccccc23)CC1)NCCN(O)P(O)O. The smallest absolute Gasteiger partial charge is 0.278 e. The first-order chi connectivity index (χ1) is 25.4. The topological polar surface area (TPSA) is 201 Å². The van der Waals surface area contributed by atoms with Crippen LogP contribution in [0.25, 0.3) is 10.9 Å². The first-order valence-electron chi connectivity index (χ1n) is 19.2. The lowest BCUT2D eigenvalue weighted by Crippen LogP contribution is -2.39. The van der Waals surface area contributed by atoms with E-state index >= 15 is 0 Å². The van der Waals surface area contributed by atoms with E-state index in [0.29, 0.717) is 29.8 Å². The molecule has 1 amide bonds. The molecule has 3 aromatic rings. The molecule has 17 heteroatoms. The van der Waals surface area contributed by atoms with Crippen molar-refractivity contribution in [2.45, 2.75) is 102 Å². The van der Waals surface area contributed by atoms with E-state index in [1.54, 1.807) is 0 Å². The highest BCUT2D eigenvalue weighted by atomic mass is 31.2. The number of para-hydroxylation sites is 1. The highest BCUT2D eigenvalue weighted by Crippen LogP contribution is 2.26. The fourth-order valence-corrected chi connectivity index (χ4v) is 7.15. The summed E-state index contributed by atoms with van der Waals surface area (Å²) >= 11 is 0. The number of fused-ring (bicyclic) bond motifs is 1. The van der Waals surface area contributed by atoms with Gasteiger partial charge in [0.05, 0.1) is 24.8 Å². The van der Waals surface area contributed by atoms with Crippen LogP contribution >= 0.6 is 8.53 Å². The van der Waals surface area contributed by atoms with Gasteiger partial charge in [-0.25, -0.2) is 4.98 Å². The van der Waals surface area contributed by atoms with Crippen LogP contribution in [0, 0.1) is 0 Å². The largest absolute Gasteiger partial charge is 0.367 e. The molecule has 52 heavy (non-hydrogen) atoms. The standard InChI is InChI=1S/C35H59N12O4P/c48-33(38-20-25-47(49)52(50)51)14-6-7-21-45-23-15-29(16-24-45)40-34-31-12-4-5-13-32(31)41-35(42-34)39-26-30-27-46(44-43-30)22-9-18-36-17-8-19-37-28-10-2-1-3-11-28/h4-5,12-13,27-29,36-37,49-51H,1-3,6-11,14-26H2,(H,38,48)(H2,39,40,41,42). The number of carbonyl (C=O) groups excluding carboxylic acids is 1. The Balaban J connectivity index is 0.974. The number of piperidine rings is 1. The molecule has 16 nitrogen and oxygen atoms in total. The Morgan fingerprint density at radius 1 is 0.904 bits per heavy atom. The number of aryl methyl sites for hydroxylation is 1. The van der Waals surface area contributed by atoms with Crippen LogP contribution in [0.2, 0.25) is 0 Å². The number of benzene rings is 1. The van der Waals surface area contributed by atoms with Crippen molar-refractivity contribution >= 4 is 37.1 Å². The summed E-state index contributed by atoms with van der Waals surface area (Å²) < 4.78 is 1.91. The van der Waals surface area contributed by atoms with Crippen LogP contribution < -0.4 is 26.6 Å². The van der Waals surface area contributed by atoms with Gasteiger partial charge in [0.15, 0.2) is 0 Å². The third-order valence-electron chi connectivity index (χ3n) is 9.82. The molecule has 1 aromatic carbocycles. The van der Waals surface area contributed by atoms with Gasteiger partial charge in [-0.3, -0.25) is 9.48 Å². The van der Waals surface area contributed by atoms with Crippen molar-refractivity contribution < 1.29 is 19.8 Å². The number of anilines is 2. The monoisotopic (exact) mass is 742 g/mol. The van der Waals surface area contributed by atoms with Gasteiger partial charge in [0, 0.05) is 50.1 Å². The van der Waals surface area contributed by atoms with Gasteiger partial charge in [0.1, 0.15) is 11.5 Å². The van der Waals surface area contributed by atoms with E-state index in [0.717, 1.165) is 113 Å². The van der Waals surface area contributed by atoms with Crippen LogP contribution in [-0.2, 0) is 17.9 Å². The lowest BCUT2D eigenvalue weighted by molar-refractivity contribution is -0.121. The Labute approximate surface area is 308 Å². The number of hydroxylamine groups is 1. The van der Waals surface area contributed by atoms with Crippen LogP contribution in [0.4, 0.5) is 11.8 Å². The molecular weight excluding hydrogens is 683 g/mol. The van der Waals surface area contributed by atoms with Crippen molar-refractivity contribution in [1.29, 1.82) is 0 Å². The summed E-state index contributed by atoms with van der Waals surface area (Å²) in [6.45, 7) is 7.41. The maximum atomic E-state index is 12.0. The summed E-state index contributed by atoms with van der Waals surface area (Å²) in [4.78, 5) is 42.3. The maximum absolute atomic E-state index is 12.0. The van der Waals surface area contributed by atoms with Gasteiger partial charge in [0.25, 0.3) is 8.53 Å². The third-order valence-corrected chi connectivity index (χ3v) is 10.4. The van der Waals surface area contributed by atoms with Crippen molar-refractivity contribution in [1.82, 2.24) is 50.6 Å². The summed E-state index contributed by atoms with van der Waals surface area (Å²) in [6.07, 6.45) is 15.1. The van der Waals surface area contributed by atoms with E-state index in [9.17, 15) is 10.0 Å². The number of rotatable bonds is 23. The van der Waals surface area contributed by atoms with Crippen molar-refractivity contribution in [3.8, 4) is 0 Å². The quantitative estimate of drug-likeness (QED) is 0.0400. The number of hydrogen-bond donors (Lipinski definition) is 8. The third kappa shape index (κ3) is 14.0. The molecule has 0 radical (unpaired) electrons. The first-order valence-corrected chi connectivity index (χ1v) is 20.4. The second-order valence-electron chi connectivity index (χ2n) is 13.9. The summed E-state index contributed by atoms with van der Waals surface area (Å²) in [6, 6.07) is 9.10. The van der Waals surface area contributed by atoms with Crippen LogP contribution in [0.15, 0.2) is 30.5 Å². The number of nitrogens with zero attached hydrogens (tertiary/aromatic N) is 7. The summed E-state index contributed by atoms with van der Waals surface area (Å²) in [5, 5.41) is 36.0. The molecular formula is C35H59N12O4P. The van der Waals surface area contributed by atoms with Crippen LogP contribution in [0.3, 0.4) is 0 Å². The number of nitrogens with one attached hydrogen (secondary N) is 5. The number of unbranched alkanes of at least 4 members (excludes halogenated alkanes) is 1. The van der Waals surface area contributed by atoms with Gasteiger partial charge in [-0.2, -0.15) is 4.98 Å². The molecule has 0 spiro atoms. The number of likely N-dealkylation sites (tertiary alicyclic amines) is 1. The molecule has 1 aliphatic carbocycles. The Kier molecular flexibility index (Phi) is 17.1. The van der Waals surface area contributed by atoms with Crippen molar-refractivity contribution in [2.75, 3.05) is 63.0 Å². The van der Waals surface area contributed by atoms with Gasteiger partial charge in [-0.05, 0) is 89.7 Å². The highest BCUT2D eigenvalue weighted by Gasteiger charge is 2.21. The van der Waals surface area contributed by atoms with Crippen molar-refractivity contribution in [3.63, 3.8) is 0 Å². The molecule has 288 valence electrons. The van der Waals surface area contributed by atoms with Gasteiger partial charge in [0.2, 0.25) is 11.9 Å². The van der Waals surface area contributed by atoms with E-state index in [1.165, 1.54) is 32.1 Å². The Morgan fingerprint density at radius 3 is 2.54 bits per heavy atom. The minimum atomic E-state index is -2.54. The molecule has 2 aromatic heterocycles. The fourth-order valence-electron chi connectivity index (χ4n) is 6.87. The second kappa shape index (κ2) is 22.2. The maximum Gasteiger partial charge on any atom is 0.278 e. The second-order valence-corrected chi connectivity index (χ2v) is 14.9. The molecule has 5 rings (SSSR count). The van der Waals surface area contributed by atoms with Crippen molar-refractivity contribution in [2.24, 2.45) is 0 Å². The van der Waals surface area contributed by atoms with E-state index in [-0.39, 0.29) is 19.0 Å². The molecule has 1 aliphatic heterocycles. The minimum absolute atomic E-state index is 0.0304. The fraction of sp³-hybridized carbons (Fsp3) is 0.686. The van der Waals surface area contributed by atoms with E-state index in [2.05, 4.69) is 47.9 Å².